The van der Waals surface area contributed by atoms with Crippen molar-refractivity contribution in [3.05, 3.63) is 6.33 Å². The van der Waals surface area contributed by atoms with Crippen molar-refractivity contribution < 1.29 is 13.5 Å². The molecule has 0 saturated heterocycles. The molecule has 0 atom stereocenters. The van der Waals surface area contributed by atoms with Crippen LogP contribution in [0.5, 0.6) is 0 Å². The van der Waals surface area contributed by atoms with E-state index < -0.39 is 10.0 Å². The van der Waals surface area contributed by atoms with E-state index in [2.05, 4.69) is 4.98 Å². The molecule has 1 aromatic rings. The molecule has 0 radical (unpaired) electrons. The predicted octanol–water partition coefficient (Wildman–Crippen LogP) is -0.215. The van der Waals surface area contributed by atoms with E-state index in [0.717, 1.165) is 6.42 Å². The first-order valence-electron chi connectivity index (χ1n) is 5.75. The number of imidazole rings is 1. The summed E-state index contributed by atoms with van der Waals surface area (Å²) in [7, 11) is -0.490. The van der Waals surface area contributed by atoms with Gasteiger partial charge in [0.1, 0.15) is 0 Å². The van der Waals surface area contributed by atoms with Crippen molar-refractivity contribution in [3.8, 4) is 0 Å². The molecule has 3 N–H and O–H groups in total. The Bertz CT molecular complexity index is 464. The number of anilines is 1. The van der Waals surface area contributed by atoms with Crippen molar-refractivity contribution in [3.63, 3.8) is 0 Å². The Morgan fingerprint density at radius 1 is 1.44 bits per heavy atom. The summed E-state index contributed by atoms with van der Waals surface area (Å²) in [6.07, 6.45) is 3.55. The van der Waals surface area contributed by atoms with Crippen LogP contribution in [0.3, 0.4) is 0 Å². The topological polar surface area (TPSA) is 101 Å². The summed E-state index contributed by atoms with van der Waals surface area (Å²) in [6, 6.07) is 0. The van der Waals surface area contributed by atoms with Gasteiger partial charge in [0.25, 0.3) is 10.0 Å². The quantitative estimate of drug-likeness (QED) is 0.671. The minimum atomic E-state index is -3.60. The van der Waals surface area contributed by atoms with Crippen molar-refractivity contribution >= 4 is 15.8 Å². The molecule has 1 aromatic heterocycles. The Hall–Kier alpha value is -1.12. The lowest BCUT2D eigenvalue weighted by atomic mass is 10.2. The van der Waals surface area contributed by atoms with Crippen LogP contribution in [0.4, 0.5) is 5.82 Å². The molecule has 0 spiro atoms. The number of aromatic nitrogens is 2. The number of rotatable bonds is 7. The summed E-state index contributed by atoms with van der Waals surface area (Å²) in [4.78, 5) is 3.78. The van der Waals surface area contributed by atoms with Gasteiger partial charge in [-0.3, -0.25) is 0 Å². The highest BCUT2D eigenvalue weighted by Crippen LogP contribution is 2.19. The summed E-state index contributed by atoms with van der Waals surface area (Å²) in [6.45, 7) is 0.526. The number of hydrogen-bond donors (Lipinski definition) is 2. The van der Waals surface area contributed by atoms with Crippen LogP contribution in [-0.2, 0) is 17.1 Å². The average Bonchev–Trinajstić information content (AvgIpc) is 2.64. The zero-order valence-electron chi connectivity index (χ0n) is 10.7. The molecule has 0 aromatic carbocycles. The van der Waals surface area contributed by atoms with Gasteiger partial charge in [-0.05, 0) is 19.3 Å². The number of nitrogens with two attached hydrogens (primary N) is 1. The Balaban J connectivity index is 2.75. The van der Waals surface area contributed by atoms with E-state index in [4.69, 9.17) is 10.8 Å². The standard InChI is InChI=1S/C10H20N4O3S/c1-13-8-12-9(11)10(13)18(16,17)14(2)6-4-3-5-7-15/h8,15H,3-7,11H2,1-2H3. The largest absolute Gasteiger partial charge is 0.396 e. The second kappa shape index (κ2) is 6.17. The number of hydrogen-bond acceptors (Lipinski definition) is 5. The molecule has 104 valence electrons. The number of nitrogen functional groups attached to an aromatic ring is 1. The Morgan fingerprint density at radius 3 is 2.61 bits per heavy atom. The highest BCUT2D eigenvalue weighted by atomic mass is 32.2. The number of unbranched alkanes of at least 4 members (excludes halogenated alkanes) is 2. The molecular weight excluding hydrogens is 256 g/mol. The van der Waals surface area contributed by atoms with Gasteiger partial charge >= 0.3 is 0 Å². The third-order valence-corrected chi connectivity index (χ3v) is 4.68. The smallest absolute Gasteiger partial charge is 0.262 e. The summed E-state index contributed by atoms with van der Waals surface area (Å²) in [5.74, 6) is 0.0136. The molecule has 0 aliphatic heterocycles. The van der Waals surface area contributed by atoms with E-state index in [0.29, 0.717) is 19.4 Å². The lowest BCUT2D eigenvalue weighted by molar-refractivity contribution is 0.281. The maximum Gasteiger partial charge on any atom is 0.262 e. The van der Waals surface area contributed by atoms with E-state index in [-0.39, 0.29) is 17.5 Å². The third kappa shape index (κ3) is 3.21. The van der Waals surface area contributed by atoms with Crippen molar-refractivity contribution in [1.82, 2.24) is 13.9 Å². The summed E-state index contributed by atoms with van der Waals surface area (Å²) < 4.78 is 27.1. The lowest BCUT2D eigenvalue weighted by Crippen LogP contribution is -2.30. The van der Waals surface area contributed by atoms with Gasteiger partial charge in [0, 0.05) is 27.2 Å². The van der Waals surface area contributed by atoms with E-state index in [9.17, 15) is 8.42 Å². The van der Waals surface area contributed by atoms with Crippen LogP contribution in [0.1, 0.15) is 19.3 Å². The van der Waals surface area contributed by atoms with Gasteiger partial charge in [0.05, 0.1) is 6.33 Å². The van der Waals surface area contributed by atoms with Crippen LogP contribution in [-0.4, -0.2) is 47.6 Å². The number of sulfonamides is 1. The SMILES string of the molecule is CN(CCCCCO)S(=O)(=O)c1c(N)ncn1C. The maximum atomic E-state index is 12.2. The fourth-order valence-corrected chi connectivity index (χ4v) is 3.03. The molecule has 18 heavy (non-hydrogen) atoms. The van der Waals surface area contributed by atoms with Crippen LogP contribution in [0, 0.1) is 0 Å². The van der Waals surface area contributed by atoms with Crippen molar-refractivity contribution in [2.75, 3.05) is 25.9 Å². The van der Waals surface area contributed by atoms with Crippen LogP contribution in [0.15, 0.2) is 11.4 Å². The van der Waals surface area contributed by atoms with Gasteiger partial charge in [-0.15, -0.1) is 0 Å². The van der Waals surface area contributed by atoms with Gasteiger partial charge in [-0.1, -0.05) is 0 Å². The second-order valence-electron chi connectivity index (χ2n) is 4.16. The maximum absolute atomic E-state index is 12.2. The van der Waals surface area contributed by atoms with E-state index in [1.165, 1.54) is 22.2 Å². The zero-order chi connectivity index (χ0) is 13.8. The number of aliphatic hydroxyl groups excluding tert-OH is 1. The zero-order valence-corrected chi connectivity index (χ0v) is 11.5. The Morgan fingerprint density at radius 2 is 2.11 bits per heavy atom. The normalized spacial score (nSPS) is 12.2. The highest BCUT2D eigenvalue weighted by molar-refractivity contribution is 7.89. The molecule has 8 heteroatoms. The molecule has 0 aliphatic rings. The fourth-order valence-electron chi connectivity index (χ4n) is 1.64. The molecule has 0 amide bonds. The molecule has 1 rings (SSSR count). The van der Waals surface area contributed by atoms with Crippen LogP contribution in [0.2, 0.25) is 0 Å². The van der Waals surface area contributed by atoms with Crippen molar-refractivity contribution in [1.29, 1.82) is 0 Å². The first-order chi connectivity index (χ1) is 8.41. The molecule has 0 fully saturated rings. The minimum Gasteiger partial charge on any atom is -0.396 e. The second-order valence-corrected chi connectivity index (χ2v) is 6.12. The number of aliphatic hydroxyl groups is 1. The first kappa shape index (κ1) is 14.9. The Kier molecular flexibility index (Phi) is 5.12. The average molecular weight is 276 g/mol. The summed E-state index contributed by atoms with van der Waals surface area (Å²) >= 11 is 0. The predicted molar refractivity (Wildman–Crippen MR) is 68.4 cm³/mol. The van der Waals surface area contributed by atoms with E-state index >= 15 is 0 Å². The molecule has 7 nitrogen and oxygen atoms in total. The van der Waals surface area contributed by atoms with Crippen molar-refractivity contribution in [2.24, 2.45) is 7.05 Å². The minimum absolute atomic E-state index is 0.0136. The van der Waals surface area contributed by atoms with E-state index in [1.54, 1.807) is 7.05 Å². The molecule has 0 unspecified atom stereocenters. The molecule has 0 bridgehead atoms. The first-order valence-corrected chi connectivity index (χ1v) is 7.19. The van der Waals surface area contributed by atoms with Gasteiger partial charge in [0.2, 0.25) is 0 Å². The van der Waals surface area contributed by atoms with Crippen molar-refractivity contribution in [2.45, 2.75) is 24.3 Å². The van der Waals surface area contributed by atoms with E-state index in [1.807, 2.05) is 0 Å². The summed E-state index contributed by atoms with van der Waals surface area (Å²) in [5.41, 5.74) is 5.57. The van der Waals surface area contributed by atoms with Gasteiger partial charge in [0.15, 0.2) is 10.8 Å². The number of aryl methyl sites for hydroxylation is 1. The lowest BCUT2D eigenvalue weighted by Gasteiger charge is -2.17. The molecular formula is C10H20N4O3S. The van der Waals surface area contributed by atoms with Gasteiger partial charge < -0.3 is 15.4 Å². The number of nitrogens with zero attached hydrogens (tertiary/aromatic N) is 3. The van der Waals surface area contributed by atoms with Gasteiger partial charge in [-0.25, -0.2) is 13.4 Å². The third-order valence-electron chi connectivity index (χ3n) is 2.70. The molecule has 0 saturated carbocycles. The molecule has 1 heterocycles. The van der Waals surface area contributed by atoms with Gasteiger partial charge in [-0.2, -0.15) is 4.31 Å². The summed E-state index contributed by atoms with van der Waals surface area (Å²) in [5, 5.41) is 8.67. The fraction of sp³-hybridized carbons (Fsp3) is 0.700. The van der Waals surface area contributed by atoms with Crippen LogP contribution < -0.4 is 5.73 Å². The Labute approximate surface area is 107 Å². The monoisotopic (exact) mass is 276 g/mol. The highest BCUT2D eigenvalue weighted by Gasteiger charge is 2.26. The molecule has 0 aliphatic carbocycles. The van der Waals surface area contributed by atoms with Crippen LogP contribution in [0.25, 0.3) is 0 Å². The van der Waals surface area contributed by atoms with Crippen LogP contribution >= 0.6 is 0 Å².